The van der Waals surface area contributed by atoms with Crippen molar-refractivity contribution in [2.24, 2.45) is 0 Å². The number of aromatic nitrogens is 1. The molecule has 0 bridgehead atoms. The van der Waals surface area contributed by atoms with Gasteiger partial charge in [0.1, 0.15) is 16.8 Å². The molecule has 0 fully saturated rings. The largest absolute Gasteiger partial charge is 0.444 e. The zero-order valence-corrected chi connectivity index (χ0v) is 15.2. The van der Waals surface area contributed by atoms with E-state index in [0.29, 0.717) is 5.00 Å². The summed E-state index contributed by atoms with van der Waals surface area (Å²) in [6.45, 7) is 7.02. The quantitative estimate of drug-likeness (QED) is 0.642. The summed E-state index contributed by atoms with van der Waals surface area (Å²) in [4.78, 5) is 29.6. The summed E-state index contributed by atoms with van der Waals surface area (Å²) in [7, 11) is 1.55. The summed E-state index contributed by atoms with van der Waals surface area (Å²) < 4.78 is 5.97. The number of nitrogens with two attached hydrogens (primary N) is 1. The van der Waals surface area contributed by atoms with Crippen molar-refractivity contribution in [2.75, 3.05) is 19.0 Å². The lowest BCUT2D eigenvalue weighted by Crippen LogP contribution is -2.48. The average Bonchev–Trinajstić information content (AvgIpc) is 2.77. The van der Waals surface area contributed by atoms with Crippen LogP contribution in [-0.2, 0) is 4.74 Å². The van der Waals surface area contributed by atoms with Crippen LogP contribution in [0, 0.1) is 0 Å². The average molecular weight is 346 g/mol. The van der Waals surface area contributed by atoms with Gasteiger partial charge in [-0.1, -0.05) is 23.1 Å². The van der Waals surface area contributed by atoms with Gasteiger partial charge in [0.2, 0.25) is 0 Å². The first-order valence-electron chi connectivity index (χ1n) is 6.62. The Kier molecular flexibility index (Phi) is 6.07. The molecule has 0 spiro atoms. The fourth-order valence-electron chi connectivity index (χ4n) is 1.41. The number of carbonyl (C=O) groups is 2. The molecule has 7 nitrogen and oxygen atoms in total. The predicted molar refractivity (Wildman–Crippen MR) is 89.2 cm³/mol. The summed E-state index contributed by atoms with van der Waals surface area (Å²) in [6.07, 6.45) is 0.788. The second kappa shape index (κ2) is 7.19. The Balaban J connectivity index is 2.70. The van der Waals surface area contributed by atoms with E-state index in [2.05, 4.69) is 10.3 Å². The maximum Gasteiger partial charge on any atom is 0.411 e. The van der Waals surface area contributed by atoms with Crippen LogP contribution in [0.15, 0.2) is 4.34 Å². The van der Waals surface area contributed by atoms with E-state index in [1.807, 2.05) is 6.26 Å². The first kappa shape index (κ1) is 18.6. The second-order valence-corrected chi connectivity index (χ2v) is 7.72. The van der Waals surface area contributed by atoms with E-state index in [1.165, 1.54) is 28.0 Å². The summed E-state index contributed by atoms with van der Waals surface area (Å²) in [5, 5.41) is 3.04. The molecule has 0 aliphatic carbocycles. The molecule has 1 aromatic heterocycles. The standard InChI is InChI=1S/C13H22N4O3S2/c1-7(17(5)12(19)20-13(2,3)4)15-10(18)8-9(14)22-11(16-8)21-6/h7H,14H2,1-6H3,(H,15,18). The molecule has 1 rings (SSSR count). The smallest absolute Gasteiger partial charge is 0.411 e. The molecule has 1 aromatic rings. The molecule has 9 heteroatoms. The molecule has 0 aliphatic heterocycles. The number of thioether (sulfide) groups is 1. The molecule has 0 saturated heterocycles. The molecule has 1 atom stereocenters. The van der Waals surface area contributed by atoms with Gasteiger partial charge in [0.25, 0.3) is 5.91 Å². The van der Waals surface area contributed by atoms with Gasteiger partial charge in [-0.2, -0.15) is 0 Å². The van der Waals surface area contributed by atoms with Crippen LogP contribution in [0.3, 0.4) is 0 Å². The molecule has 1 unspecified atom stereocenters. The zero-order valence-electron chi connectivity index (χ0n) is 13.6. The van der Waals surface area contributed by atoms with E-state index in [1.54, 1.807) is 34.7 Å². The van der Waals surface area contributed by atoms with Crippen molar-refractivity contribution in [1.82, 2.24) is 15.2 Å². The van der Waals surface area contributed by atoms with Gasteiger partial charge >= 0.3 is 6.09 Å². The highest BCUT2D eigenvalue weighted by molar-refractivity contribution is 8.00. The van der Waals surface area contributed by atoms with Crippen molar-refractivity contribution >= 4 is 40.1 Å². The molecule has 3 N–H and O–H groups in total. The van der Waals surface area contributed by atoms with Gasteiger partial charge in [-0.25, -0.2) is 9.78 Å². The summed E-state index contributed by atoms with van der Waals surface area (Å²) in [5.74, 6) is -0.419. The van der Waals surface area contributed by atoms with Crippen LogP contribution in [0.5, 0.6) is 0 Å². The zero-order chi connectivity index (χ0) is 17.1. The number of ether oxygens (including phenoxy) is 1. The number of hydrogen-bond acceptors (Lipinski definition) is 7. The predicted octanol–water partition coefficient (Wildman–Crippen LogP) is 2.39. The first-order valence-corrected chi connectivity index (χ1v) is 8.66. The maximum absolute atomic E-state index is 12.2. The van der Waals surface area contributed by atoms with Crippen LogP contribution in [0.1, 0.15) is 38.2 Å². The van der Waals surface area contributed by atoms with Gasteiger partial charge in [0.05, 0.1) is 0 Å². The SMILES string of the molecule is CSc1nc(C(=O)NC(C)N(C)C(=O)OC(C)(C)C)c(N)s1. The number of thiazole rings is 1. The molecular formula is C13H22N4O3S2. The minimum atomic E-state index is -0.596. The molecule has 0 saturated carbocycles. The van der Waals surface area contributed by atoms with E-state index >= 15 is 0 Å². The number of hydrogen-bond donors (Lipinski definition) is 2. The molecule has 0 aliphatic rings. The van der Waals surface area contributed by atoms with Gasteiger partial charge in [0.15, 0.2) is 10.0 Å². The second-order valence-electron chi connectivity index (χ2n) is 5.64. The van der Waals surface area contributed by atoms with Crippen LogP contribution in [0.4, 0.5) is 9.80 Å². The number of nitrogens with one attached hydrogen (secondary N) is 1. The Morgan fingerprint density at radius 2 is 2.05 bits per heavy atom. The number of rotatable bonds is 4. The Morgan fingerprint density at radius 1 is 1.45 bits per heavy atom. The minimum absolute atomic E-state index is 0.179. The lowest BCUT2D eigenvalue weighted by molar-refractivity contribution is 0.0210. The van der Waals surface area contributed by atoms with Crippen molar-refractivity contribution in [3.63, 3.8) is 0 Å². The topological polar surface area (TPSA) is 97.5 Å². The molecule has 124 valence electrons. The molecule has 22 heavy (non-hydrogen) atoms. The highest BCUT2D eigenvalue weighted by Crippen LogP contribution is 2.27. The van der Waals surface area contributed by atoms with Crippen LogP contribution in [0.2, 0.25) is 0 Å². The Morgan fingerprint density at radius 3 is 2.50 bits per heavy atom. The highest BCUT2D eigenvalue weighted by Gasteiger charge is 2.25. The van der Waals surface area contributed by atoms with Gasteiger partial charge < -0.3 is 15.8 Å². The lowest BCUT2D eigenvalue weighted by atomic mass is 10.2. The summed E-state index contributed by atoms with van der Waals surface area (Å²) in [5.41, 5.74) is 5.37. The van der Waals surface area contributed by atoms with Crippen LogP contribution >= 0.6 is 23.1 Å². The third-order valence-corrected chi connectivity index (χ3v) is 4.50. The van der Waals surface area contributed by atoms with Crippen LogP contribution < -0.4 is 11.1 Å². The molecule has 1 heterocycles. The fraction of sp³-hybridized carbons (Fsp3) is 0.615. The number of nitrogens with zero attached hydrogens (tertiary/aromatic N) is 2. The van der Waals surface area contributed by atoms with E-state index in [0.717, 1.165) is 4.34 Å². The highest BCUT2D eigenvalue weighted by atomic mass is 32.2. The molecule has 0 radical (unpaired) electrons. The van der Waals surface area contributed by atoms with E-state index in [9.17, 15) is 9.59 Å². The third-order valence-electron chi connectivity index (χ3n) is 2.63. The Bertz CT molecular complexity index is 554. The number of nitrogen functional groups attached to an aromatic ring is 1. The van der Waals surface area contributed by atoms with Gasteiger partial charge in [-0.3, -0.25) is 9.69 Å². The normalized spacial score (nSPS) is 12.6. The molecule has 0 aromatic carbocycles. The maximum atomic E-state index is 12.2. The fourth-order valence-corrected chi connectivity index (χ4v) is 2.75. The monoisotopic (exact) mass is 346 g/mol. The van der Waals surface area contributed by atoms with Gasteiger partial charge in [-0.05, 0) is 34.0 Å². The Hall–Kier alpha value is -1.48. The number of carbonyl (C=O) groups excluding carboxylic acids is 2. The van der Waals surface area contributed by atoms with Crippen molar-refractivity contribution in [1.29, 1.82) is 0 Å². The summed E-state index contributed by atoms with van der Waals surface area (Å²) >= 11 is 2.68. The lowest BCUT2D eigenvalue weighted by Gasteiger charge is -2.28. The van der Waals surface area contributed by atoms with Crippen LogP contribution in [-0.4, -0.2) is 47.0 Å². The van der Waals surface area contributed by atoms with Gasteiger partial charge in [-0.15, -0.1) is 0 Å². The minimum Gasteiger partial charge on any atom is -0.444 e. The van der Waals surface area contributed by atoms with E-state index in [-0.39, 0.29) is 5.69 Å². The third kappa shape index (κ3) is 5.06. The Labute approximate surface area is 138 Å². The first-order chi connectivity index (χ1) is 10.0. The molecule has 2 amide bonds. The van der Waals surface area contributed by atoms with E-state index < -0.39 is 23.8 Å². The van der Waals surface area contributed by atoms with Crippen molar-refractivity contribution in [3.8, 4) is 0 Å². The van der Waals surface area contributed by atoms with Crippen LogP contribution in [0.25, 0.3) is 0 Å². The van der Waals surface area contributed by atoms with Gasteiger partial charge in [0, 0.05) is 7.05 Å². The summed E-state index contributed by atoms with van der Waals surface area (Å²) in [6, 6.07) is 0. The number of amides is 2. The van der Waals surface area contributed by atoms with E-state index in [4.69, 9.17) is 10.5 Å². The van der Waals surface area contributed by atoms with Crippen molar-refractivity contribution in [2.45, 2.75) is 43.8 Å². The van der Waals surface area contributed by atoms with Crippen molar-refractivity contribution < 1.29 is 14.3 Å². The van der Waals surface area contributed by atoms with Crippen molar-refractivity contribution in [3.05, 3.63) is 5.69 Å². The molecular weight excluding hydrogens is 324 g/mol. The number of anilines is 1.